The number of nitrogens with one attached hydrogen (secondary N) is 2. The normalized spacial score (nSPS) is 17.0. The minimum absolute atomic E-state index is 0.0129. The lowest BCUT2D eigenvalue weighted by molar-refractivity contribution is -0.144. The molecule has 1 aliphatic heterocycles. The molecule has 3 N–H and O–H groups in total. The van der Waals surface area contributed by atoms with Crippen molar-refractivity contribution in [3.63, 3.8) is 0 Å². The molecule has 4 aromatic rings. The Morgan fingerprint density at radius 3 is 1.98 bits per heavy atom. The molecule has 3 heterocycles. The Morgan fingerprint density at radius 2 is 1.44 bits per heavy atom. The zero-order valence-corrected chi connectivity index (χ0v) is 25.6. The van der Waals surface area contributed by atoms with Crippen LogP contribution in [0.4, 0.5) is 0 Å². The van der Waals surface area contributed by atoms with E-state index < -0.39 is 42.1 Å². The highest BCUT2D eigenvalue weighted by Crippen LogP contribution is 2.30. The summed E-state index contributed by atoms with van der Waals surface area (Å²) >= 11 is 15.4. The van der Waals surface area contributed by atoms with Crippen LogP contribution in [0.25, 0.3) is 0 Å². The summed E-state index contributed by atoms with van der Waals surface area (Å²) < 4.78 is 16.7. The molecule has 0 bridgehead atoms. The molecular weight excluding hydrogens is 635 g/mol. The summed E-state index contributed by atoms with van der Waals surface area (Å²) in [5, 5.41) is 20.1. The number of amides is 2. The quantitative estimate of drug-likeness (QED) is 0.185. The second kappa shape index (κ2) is 14.3. The predicted molar refractivity (Wildman–Crippen MR) is 164 cm³/mol. The molecule has 9 nitrogen and oxygen atoms in total. The van der Waals surface area contributed by atoms with Crippen LogP contribution in [0.2, 0.25) is 10.0 Å². The second-order valence-corrected chi connectivity index (χ2v) is 12.3. The Hall–Kier alpha value is -3.45. The average molecular weight is 662 g/mol. The maximum Gasteiger partial charge on any atom is 0.326 e. The van der Waals surface area contributed by atoms with Crippen molar-refractivity contribution in [2.24, 2.45) is 0 Å². The molecule has 0 aliphatic carbocycles. The van der Waals surface area contributed by atoms with Gasteiger partial charge in [0.25, 0.3) is 11.8 Å². The minimum Gasteiger partial charge on any atom is -0.489 e. The molecule has 0 spiro atoms. The fourth-order valence-corrected chi connectivity index (χ4v) is 6.61. The zero-order valence-electron chi connectivity index (χ0n) is 22.4. The third-order valence-corrected chi connectivity index (χ3v) is 9.23. The van der Waals surface area contributed by atoms with Crippen molar-refractivity contribution in [2.75, 3.05) is 6.79 Å². The van der Waals surface area contributed by atoms with Crippen LogP contribution >= 0.6 is 45.9 Å². The number of carboxylic acids is 1. The van der Waals surface area contributed by atoms with Crippen molar-refractivity contribution < 1.29 is 33.7 Å². The van der Waals surface area contributed by atoms with Crippen LogP contribution in [0.5, 0.6) is 5.75 Å². The largest absolute Gasteiger partial charge is 0.489 e. The van der Waals surface area contributed by atoms with Crippen LogP contribution in [0.3, 0.4) is 0 Å². The van der Waals surface area contributed by atoms with Gasteiger partial charge in [0.15, 0.2) is 12.2 Å². The average Bonchev–Trinajstić information content (AvgIpc) is 3.79. The van der Waals surface area contributed by atoms with Crippen molar-refractivity contribution in [2.45, 2.75) is 37.3 Å². The maximum atomic E-state index is 13.3. The summed E-state index contributed by atoms with van der Waals surface area (Å²) in [5.41, 5.74) is 1.30. The van der Waals surface area contributed by atoms with Crippen molar-refractivity contribution in [1.82, 2.24) is 10.6 Å². The number of halogens is 2. The predicted octanol–water partition coefficient (Wildman–Crippen LogP) is 5.45. The van der Waals surface area contributed by atoms with E-state index in [2.05, 4.69) is 10.6 Å². The van der Waals surface area contributed by atoms with Crippen LogP contribution in [-0.4, -0.2) is 47.9 Å². The summed E-state index contributed by atoms with van der Waals surface area (Å²) in [4.78, 5) is 40.3. The van der Waals surface area contributed by atoms with E-state index in [9.17, 15) is 19.5 Å². The molecule has 2 aromatic carbocycles. The number of hydrogen-bond donors (Lipinski definition) is 3. The molecule has 43 heavy (non-hydrogen) atoms. The Morgan fingerprint density at radius 1 is 0.860 bits per heavy atom. The monoisotopic (exact) mass is 660 g/mol. The molecule has 1 aliphatic rings. The van der Waals surface area contributed by atoms with Gasteiger partial charge in [-0.15, -0.1) is 22.7 Å². The number of hydrogen-bond acceptors (Lipinski definition) is 8. The first-order chi connectivity index (χ1) is 20.8. The number of aliphatic carboxylic acids is 1. The van der Waals surface area contributed by atoms with Crippen molar-refractivity contribution in [3.05, 3.63) is 108 Å². The van der Waals surface area contributed by atoms with Gasteiger partial charge >= 0.3 is 5.97 Å². The Kier molecular flexibility index (Phi) is 10.3. The first-order valence-electron chi connectivity index (χ1n) is 13.1. The summed E-state index contributed by atoms with van der Waals surface area (Å²) in [5.74, 6) is -2.00. The first-order valence-corrected chi connectivity index (χ1v) is 15.6. The lowest BCUT2D eigenvalue weighted by Crippen LogP contribution is -2.52. The highest BCUT2D eigenvalue weighted by Gasteiger charge is 2.42. The van der Waals surface area contributed by atoms with Crippen molar-refractivity contribution >= 4 is 63.7 Å². The van der Waals surface area contributed by atoms with Crippen LogP contribution in [-0.2, 0) is 36.9 Å². The molecule has 1 fully saturated rings. The van der Waals surface area contributed by atoms with Gasteiger partial charge in [0.2, 0.25) is 0 Å². The van der Waals surface area contributed by atoms with Crippen LogP contribution in [0, 0.1) is 0 Å². The highest BCUT2D eigenvalue weighted by molar-refractivity contribution is 7.11. The van der Waals surface area contributed by atoms with Gasteiger partial charge in [-0.25, -0.2) is 4.79 Å². The van der Waals surface area contributed by atoms with E-state index >= 15 is 0 Å². The topological polar surface area (TPSA) is 123 Å². The number of rotatable bonds is 12. The number of carboxylic acid groups (broad SMARTS) is 1. The number of carbonyl (C=O) groups is 3. The van der Waals surface area contributed by atoms with E-state index in [1.165, 1.54) is 22.7 Å². The van der Waals surface area contributed by atoms with Gasteiger partial charge in [0.1, 0.15) is 25.2 Å². The van der Waals surface area contributed by atoms with Crippen LogP contribution in [0.1, 0.15) is 26.9 Å². The smallest absolute Gasteiger partial charge is 0.326 e. The Labute approximate surface area is 265 Å². The van der Waals surface area contributed by atoms with E-state index in [1.54, 1.807) is 42.5 Å². The van der Waals surface area contributed by atoms with E-state index in [0.29, 0.717) is 26.9 Å². The molecule has 1 unspecified atom stereocenters. The van der Waals surface area contributed by atoms with Crippen LogP contribution in [0.15, 0.2) is 77.5 Å². The Bertz CT molecular complexity index is 1490. The lowest BCUT2D eigenvalue weighted by atomic mass is 10.0. The minimum atomic E-state index is -1.32. The third kappa shape index (κ3) is 7.74. The van der Waals surface area contributed by atoms with E-state index in [-0.39, 0.29) is 19.8 Å². The molecule has 13 heteroatoms. The summed E-state index contributed by atoms with van der Waals surface area (Å²) in [7, 11) is 0. The zero-order chi connectivity index (χ0) is 30.3. The number of benzene rings is 2. The van der Waals surface area contributed by atoms with Crippen LogP contribution < -0.4 is 15.4 Å². The van der Waals surface area contributed by atoms with Gasteiger partial charge in [-0.05, 0) is 52.7 Å². The van der Waals surface area contributed by atoms with Gasteiger partial charge in [-0.3, -0.25) is 9.59 Å². The van der Waals surface area contributed by atoms with Gasteiger partial charge in [-0.2, -0.15) is 0 Å². The van der Waals surface area contributed by atoms with Crippen molar-refractivity contribution in [3.8, 4) is 5.75 Å². The lowest BCUT2D eigenvalue weighted by Gasteiger charge is -2.22. The molecule has 5 rings (SSSR count). The molecule has 3 atom stereocenters. The maximum absolute atomic E-state index is 13.3. The first kappa shape index (κ1) is 31.0. The molecule has 0 saturated carbocycles. The SMILES string of the molecule is O=C(O)C(Cc1ccc(OCc2c(Cl)cccc2Cl)cc1)NC(=O)[C@@H]1OCO[C@H]1C(=O)NC(c1cccs1)c1cccs1. The van der Waals surface area contributed by atoms with Gasteiger partial charge < -0.3 is 30.0 Å². The fourth-order valence-electron chi connectivity index (χ4n) is 4.44. The fraction of sp³-hybridized carbons (Fsp3) is 0.233. The summed E-state index contributed by atoms with van der Waals surface area (Å²) in [6, 6.07) is 17.9. The highest BCUT2D eigenvalue weighted by atomic mass is 35.5. The van der Waals surface area contributed by atoms with Gasteiger partial charge in [-0.1, -0.05) is 53.5 Å². The van der Waals surface area contributed by atoms with E-state index in [4.69, 9.17) is 37.4 Å². The second-order valence-electron chi connectivity index (χ2n) is 9.50. The number of thiophene rings is 2. The Balaban J connectivity index is 1.19. The van der Waals surface area contributed by atoms with Crippen molar-refractivity contribution in [1.29, 1.82) is 0 Å². The standard InChI is InChI=1S/C30H26Cl2N2O7S2/c31-20-4-1-5-21(32)19(20)15-39-18-10-8-17(9-11-18)14-22(30(37)38)33-28(35)26-27(41-16-40-26)29(36)34-25(23-6-2-12-42-23)24-7-3-13-43-24/h1-13,22,25-27H,14-16H2,(H,33,35)(H,34,36)(H,37,38)/t22?,26-,27-/m1/s1. The van der Waals surface area contributed by atoms with E-state index in [0.717, 1.165) is 9.75 Å². The number of carbonyl (C=O) groups excluding carboxylic acids is 2. The van der Waals surface area contributed by atoms with E-state index in [1.807, 2.05) is 35.0 Å². The van der Waals surface area contributed by atoms with Gasteiger partial charge in [0.05, 0.1) is 6.04 Å². The summed E-state index contributed by atoms with van der Waals surface area (Å²) in [6.45, 7) is -0.122. The van der Waals surface area contributed by atoms with Gasteiger partial charge in [0, 0.05) is 31.8 Å². The molecule has 2 amide bonds. The third-order valence-electron chi connectivity index (χ3n) is 6.65. The molecule has 2 aromatic heterocycles. The molecule has 0 radical (unpaired) electrons. The molecule has 1 saturated heterocycles. The molecule has 224 valence electrons. The summed E-state index contributed by atoms with van der Waals surface area (Å²) in [6.07, 6.45) is -2.58. The number of ether oxygens (including phenoxy) is 3. The molecular formula is C30H26Cl2N2O7S2.